The zero-order valence-corrected chi connectivity index (χ0v) is 10.1. The normalized spacial score (nSPS) is 11.3. The number of carbonyl (C=O) groups excluding carboxylic acids is 1. The molecular formula is C11H11ClO2S. The molecule has 1 aromatic carbocycles. The number of hydrogen-bond donors (Lipinski definition) is 0. The summed E-state index contributed by atoms with van der Waals surface area (Å²) in [5, 5.41) is 0.703. The highest BCUT2D eigenvalue weighted by Gasteiger charge is 1.99. The molecule has 2 nitrogen and oxygen atoms in total. The van der Waals surface area contributed by atoms with Crippen molar-refractivity contribution < 1.29 is 9.53 Å². The molecule has 0 saturated heterocycles. The van der Waals surface area contributed by atoms with Crippen LogP contribution in [0.4, 0.5) is 0 Å². The number of carbonyl (C=O) groups is 1. The lowest BCUT2D eigenvalue weighted by atomic mass is 10.4. The van der Waals surface area contributed by atoms with E-state index in [1.807, 2.05) is 31.2 Å². The molecule has 0 N–H and O–H groups in total. The van der Waals surface area contributed by atoms with Gasteiger partial charge in [0.15, 0.2) is 0 Å². The van der Waals surface area contributed by atoms with E-state index in [-0.39, 0.29) is 5.97 Å². The maximum absolute atomic E-state index is 10.9. The molecule has 0 heterocycles. The second-order valence-corrected chi connectivity index (χ2v) is 4.59. The van der Waals surface area contributed by atoms with Crippen molar-refractivity contribution in [3.05, 3.63) is 40.3 Å². The largest absolute Gasteiger partial charge is 0.466 e. The molecule has 0 atom stereocenters. The van der Waals surface area contributed by atoms with E-state index in [1.165, 1.54) is 24.9 Å². The number of thioether (sulfide) groups is 1. The van der Waals surface area contributed by atoms with Gasteiger partial charge in [-0.3, -0.25) is 0 Å². The van der Waals surface area contributed by atoms with E-state index in [2.05, 4.69) is 4.74 Å². The molecule has 0 radical (unpaired) electrons. The predicted octanol–water partition coefficient (Wildman–Crippen LogP) is 3.51. The van der Waals surface area contributed by atoms with Gasteiger partial charge in [-0.25, -0.2) is 4.79 Å². The number of methoxy groups -OCH3 is 1. The van der Waals surface area contributed by atoms with Gasteiger partial charge in [0.25, 0.3) is 0 Å². The molecule has 0 spiro atoms. The topological polar surface area (TPSA) is 26.3 Å². The SMILES string of the molecule is COC(=O)C=C(C)Sc1ccc(Cl)cc1. The van der Waals surface area contributed by atoms with E-state index in [1.54, 1.807) is 0 Å². The summed E-state index contributed by atoms with van der Waals surface area (Å²) in [6, 6.07) is 7.44. The second-order valence-electron chi connectivity index (χ2n) is 2.83. The minimum Gasteiger partial charge on any atom is -0.466 e. The maximum Gasteiger partial charge on any atom is 0.331 e. The minimum atomic E-state index is -0.339. The number of ether oxygens (including phenoxy) is 1. The van der Waals surface area contributed by atoms with Crippen LogP contribution in [0.15, 0.2) is 40.1 Å². The lowest BCUT2D eigenvalue weighted by Crippen LogP contribution is -1.94. The average molecular weight is 243 g/mol. The highest BCUT2D eigenvalue weighted by atomic mass is 35.5. The number of allylic oxidation sites excluding steroid dienone is 1. The zero-order valence-electron chi connectivity index (χ0n) is 8.49. The lowest BCUT2D eigenvalue weighted by Gasteiger charge is -2.01. The predicted molar refractivity (Wildman–Crippen MR) is 63.1 cm³/mol. The molecule has 1 rings (SSSR count). The summed E-state index contributed by atoms with van der Waals surface area (Å²) in [6.45, 7) is 1.86. The van der Waals surface area contributed by atoms with Crippen molar-refractivity contribution in [1.29, 1.82) is 0 Å². The lowest BCUT2D eigenvalue weighted by molar-refractivity contribution is -0.134. The van der Waals surface area contributed by atoms with Crippen molar-refractivity contribution in [2.75, 3.05) is 7.11 Å². The molecule has 1 aromatic rings. The van der Waals surface area contributed by atoms with Crippen molar-refractivity contribution in [3.63, 3.8) is 0 Å². The fourth-order valence-electron chi connectivity index (χ4n) is 0.943. The first-order valence-corrected chi connectivity index (χ1v) is 5.51. The van der Waals surface area contributed by atoms with E-state index >= 15 is 0 Å². The van der Waals surface area contributed by atoms with E-state index in [4.69, 9.17) is 11.6 Å². The van der Waals surface area contributed by atoms with Crippen LogP contribution in [0.3, 0.4) is 0 Å². The van der Waals surface area contributed by atoms with Gasteiger partial charge in [0, 0.05) is 16.0 Å². The Morgan fingerprint density at radius 1 is 1.40 bits per heavy atom. The van der Waals surface area contributed by atoms with Crippen LogP contribution in [0.2, 0.25) is 5.02 Å². The summed E-state index contributed by atoms with van der Waals surface area (Å²) in [5.74, 6) is -0.339. The van der Waals surface area contributed by atoms with Crippen LogP contribution in [0, 0.1) is 0 Å². The quantitative estimate of drug-likeness (QED) is 0.461. The molecule has 0 unspecified atom stereocenters. The summed E-state index contributed by atoms with van der Waals surface area (Å²) in [5.41, 5.74) is 0. The molecule has 0 aromatic heterocycles. The highest BCUT2D eigenvalue weighted by molar-refractivity contribution is 8.03. The van der Waals surface area contributed by atoms with Crippen molar-refractivity contribution >= 4 is 29.3 Å². The number of esters is 1. The molecule has 80 valence electrons. The first-order valence-electron chi connectivity index (χ1n) is 4.31. The molecule has 0 amide bonds. The highest BCUT2D eigenvalue weighted by Crippen LogP contribution is 2.26. The summed E-state index contributed by atoms with van der Waals surface area (Å²) in [6.07, 6.45) is 1.46. The molecule has 0 saturated carbocycles. The fourth-order valence-corrected chi connectivity index (χ4v) is 1.87. The van der Waals surface area contributed by atoms with Gasteiger partial charge in [0.1, 0.15) is 0 Å². The standard InChI is InChI=1S/C11H11ClO2S/c1-8(7-11(13)14-2)15-10-5-3-9(12)4-6-10/h3-7H,1-2H3. The molecule has 4 heteroatoms. The van der Waals surface area contributed by atoms with Crippen molar-refractivity contribution in [2.24, 2.45) is 0 Å². The van der Waals surface area contributed by atoms with Gasteiger partial charge in [0.05, 0.1) is 7.11 Å². The van der Waals surface area contributed by atoms with Crippen LogP contribution < -0.4 is 0 Å². The van der Waals surface area contributed by atoms with Gasteiger partial charge in [-0.2, -0.15) is 0 Å². The Balaban J connectivity index is 2.66. The van der Waals surface area contributed by atoms with Crippen molar-refractivity contribution in [3.8, 4) is 0 Å². The van der Waals surface area contributed by atoms with Gasteiger partial charge in [-0.05, 0) is 36.1 Å². The Kier molecular flexibility index (Phi) is 4.72. The molecular weight excluding hydrogens is 232 g/mol. The van der Waals surface area contributed by atoms with Crippen LogP contribution >= 0.6 is 23.4 Å². The van der Waals surface area contributed by atoms with E-state index in [0.29, 0.717) is 5.02 Å². The van der Waals surface area contributed by atoms with Gasteiger partial charge >= 0.3 is 5.97 Å². The fraction of sp³-hybridized carbons (Fsp3) is 0.182. The van der Waals surface area contributed by atoms with Gasteiger partial charge in [0.2, 0.25) is 0 Å². The minimum absolute atomic E-state index is 0.339. The first kappa shape index (κ1) is 12.1. The number of rotatable bonds is 3. The maximum atomic E-state index is 10.9. The number of halogens is 1. The third-order valence-electron chi connectivity index (χ3n) is 1.61. The van der Waals surface area contributed by atoms with Crippen molar-refractivity contribution in [2.45, 2.75) is 11.8 Å². The molecule has 0 aliphatic heterocycles. The van der Waals surface area contributed by atoms with Gasteiger partial charge in [-0.15, -0.1) is 0 Å². The number of hydrogen-bond acceptors (Lipinski definition) is 3. The third-order valence-corrected chi connectivity index (χ3v) is 2.81. The Hall–Kier alpha value is -0.930. The zero-order chi connectivity index (χ0) is 11.3. The number of benzene rings is 1. The Bertz CT molecular complexity index is 371. The smallest absolute Gasteiger partial charge is 0.331 e. The summed E-state index contributed by atoms with van der Waals surface area (Å²) < 4.78 is 4.53. The second kappa shape index (κ2) is 5.83. The molecule has 0 fully saturated rings. The summed E-state index contributed by atoms with van der Waals surface area (Å²) in [4.78, 5) is 12.9. The Morgan fingerprint density at radius 2 is 2.00 bits per heavy atom. The van der Waals surface area contributed by atoms with Crippen molar-refractivity contribution in [1.82, 2.24) is 0 Å². The van der Waals surface area contributed by atoms with E-state index in [9.17, 15) is 4.79 Å². The van der Waals surface area contributed by atoms with Gasteiger partial charge in [-0.1, -0.05) is 23.4 Å². The summed E-state index contributed by atoms with van der Waals surface area (Å²) in [7, 11) is 1.36. The molecule has 0 bridgehead atoms. The molecule has 0 aliphatic rings. The summed E-state index contributed by atoms with van der Waals surface area (Å²) >= 11 is 7.25. The Labute approximate surface area is 98.3 Å². The Morgan fingerprint density at radius 3 is 2.53 bits per heavy atom. The monoisotopic (exact) mass is 242 g/mol. The van der Waals surface area contributed by atoms with Crippen LogP contribution in [-0.4, -0.2) is 13.1 Å². The van der Waals surface area contributed by atoms with Crippen LogP contribution in [0.1, 0.15) is 6.92 Å². The van der Waals surface area contributed by atoms with Crippen LogP contribution in [-0.2, 0) is 9.53 Å². The molecule has 15 heavy (non-hydrogen) atoms. The van der Waals surface area contributed by atoms with E-state index < -0.39 is 0 Å². The van der Waals surface area contributed by atoms with E-state index in [0.717, 1.165) is 9.80 Å². The third kappa shape index (κ3) is 4.40. The van der Waals surface area contributed by atoms with Gasteiger partial charge < -0.3 is 4.74 Å². The van der Waals surface area contributed by atoms with Crippen LogP contribution in [0.25, 0.3) is 0 Å². The average Bonchev–Trinajstić information content (AvgIpc) is 2.21. The molecule has 0 aliphatic carbocycles. The first-order chi connectivity index (χ1) is 7.11. The van der Waals surface area contributed by atoms with Crippen LogP contribution in [0.5, 0.6) is 0 Å².